The van der Waals surface area contributed by atoms with E-state index in [4.69, 9.17) is 4.74 Å². The van der Waals surface area contributed by atoms with Gasteiger partial charge in [-0.05, 0) is 43.5 Å². The highest BCUT2D eigenvalue weighted by Gasteiger charge is 2.34. The molecule has 1 aromatic heterocycles. The van der Waals surface area contributed by atoms with Crippen molar-refractivity contribution in [2.45, 2.75) is 39.2 Å². The van der Waals surface area contributed by atoms with Crippen molar-refractivity contribution in [2.24, 2.45) is 0 Å². The average Bonchev–Trinajstić information content (AvgIpc) is 2.37. The molecule has 0 unspecified atom stereocenters. The largest absolute Gasteiger partial charge is 0.507 e. The molecule has 20 heavy (non-hydrogen) atoms. The Morgan fingerprint density at radius 1 is 1.25 bits per heavy atom. The molecule has 1 aliphatic heterocycles. The molecule has 2 heterocycles. The molecule has 1 aromatic carbocycles. The monoisotopic (exact) mass is 269 g/mol. The zero-order chi connectivity index (χ0) is 14.5. The molecule has 0 aliphatic carbocycles. The quantitative estimate of drug-likeness (QED) is 0.843. The van der Waals surface area contributed by atoms with Crippen LogP contribution in [0.5, 0.6) is 11.5 Å². The Morgan fingerprint density at radius 2 is 2.00 bits per heavy atom. The van der Waals surface area contributed by atoms with Gasteiger partial charge in [-0.3, -0.25) is 4.98 Å². The van der Waals surface area contributed by atoms with Crippen LogP contribution in [0.2, 0.25) is 0 Å². The Kier molecular flexibility index (Phi) is 2.75. The van der Waals surface area contributed by atoms with Crippen LogP contribution in [-0.2, 0) is 5.60 Å². The number of nitrogens with zero attached hydrogens (tertiary/aromatic N) is 1. The van der Waals surface area contributed by atoms with Crippen LogP contribution in [0.3, 0.4) is 0 Å². The van der Waals surface area contributed by atoms with Crippen LogP contribution >= 0.6 is 0 Å². The summed E-state index contributed by atoms with van der Waals surface area (Å²) in [6.45, 7) is 8.27. The number of pyridine rings is 1. The van der Waals surface area contributed by atoms with Crippen molar-refractivity contribution in [3.63, 3.8) is 0 Å². The third kappa shape index (κ3) is 1.85. The van der Waals surface area contributed by atoms with E-state index < -0.39 is 5.60 Å². The standard InChI is InChI=1S/C17H19NO2/c1-10(2)11-7-14(19)16-12-9-18-6-5-13(12)17(3,4)20-15(16)8-11/h5-10,19H,1-4H3. The molecule has 0 atom stereocenters. The minimum absolute atomic E-state index is 0.260. The molecule has 3 heteroatoms. The lowest BCUT2D eigenvalue weighted by atomic mass is 9.86. The molecule has 1 N–H and O–H groups in total. The SMILES string of the molecule is CC(C)c1cc(O)c2c(c1)OC(C)(C)c1ccncc1-2. The van der Waals surface area contributed by atoms with E-state index in [9.17, 15) is 5.11 Å². The molecule has 0 saturated heterocycles. The minimum Gasteiger partial charge on any atom is -0.507 e. The predicted molar refractivity (Wildman–Crippen MR) is 79.1 cm³/mol. The molecule has 0 fully saturated rings. The number of ether oxygens (including phenoxy) is 1. The number of phenols is 1. The second-order valence-electron chi connectivity index (χ2n) is 6.10. The summed E-state index contributed by atoms with van der Waals surface area (Å²) in [7, 11) is 0. The lowest BCUT2D eigenvalue weighted by Gasteiger charge is -2.35. The van der Waals surface area contributed by atoms with E-state index in [1.54, 1.807) is 12.4 Å². The van der Waals surface area contributed by atoms with Gasteiger partial charge in [0.1, 0.15) is 17.1 Å². The van der Waals surface area contributed by atoms with E-state index in [0.29, 0.717) is 5.92 Å². The summed E-state index contributed by atoms with van der Waals surface area (Å²) in [5.41, 5.74) is 3.40. The number of aromatic hydroxyl groups is 1. The average molecular weight is 269 g/mol. The molecule has 0 amide bonds. The summed E-state index contributed by atoms with van der Waals surface area (Å²) in [5, 5.41) is 10.4. The van der Waals surface area contributed by atoms with Gasteiger partial charge in [-0.2, -0.15) is 0 Å². The lowest BCUT2D eigenvalue weighted by molar-refractivity contribution is 0.105. The molecule has 2 aromatic rings. The van der Waals surface area contributed by atoms with E-state index in [-0.39, 0.29) is 5.75 Å². The maximum absolute atomic E-state index is 10.4. The molecule has 0 saturated carbocycles. The summed E-state index contributed by atoms with van der Waals surface area (Å²) in [5.74, 6) is 1.34. The first-order chi connectivity index (χ1) is 9.40. The van der Waals surface area contributed by atoms with Gasteiger partial charge in [0.15, 0.2) is 0 Å². The Bertz CT molecular complexity index is 675. The Labute approximate surface area is 119 Å². The van der Waals surface area contributed by atoms with Crippen molar-refractivity contribution in [1.82, 2.24) is 4.98 Å². The van der Waals surface area contributed by atoms with Crippen molar-refractivity contribution in [3.8, 4) is 22.6 Å². The van der Waals surface area contributed by atoms with Gasteiger partial charge in [0.05, 0.1) is 5.56 Å². The van der Waals surface area contributed by atoms with Crippen molar-refractivity contribution < 1.29 is 9.84 Å². The topological polar surface area (TPSA) is 42.4 Å². The first-order valence-electron chi connectivity index (χ1n) is 6.91. The zero-order valence-corrected chi connectivity index (χ0v) is 12.3. The molecule has 3 nitrogen and oxygen atoms in total. The Morgan fingerprint density at radius 3 is 2.70 bits per heavy atom. The highest BCUT2D eigenvalue weighted by atomic mass is 16.5. The molecule has 3 rings (SSSR count). The number of aromatic nitrogens is 1. The Hall–Kier alpha value is -2.03. The van der Waals surface area contributed by atoms with Crippen LogP contribution in [0.15, 0.2) is 30.6 Å². The van der Waals surface area contributed by atoms with Crippen LogP contribution in [0, 0.1) is 0 Å². The predicted octanol–water partition coefficient (Wildman–Crippen LogP) is 4.21. The molecular weight excluding hydrogens is 250 g/mol. The first-order valence-corrected chi connectivity index (χ1v) is 6.91. The van der Waals surface area contributed by atoms with E-state index in [1.807, 2.05) is 32.0 Å². The van der Waals surface area contributed by atoms with Crippen LogP contribution in [0.1, 0.15) is 44.7 Å². The van der Waals surface area contributed by atoms with E-state index in [1.165, 1.54) is 0 Å². The molecule has 0 spiro atoms. The van der Waals surface area contributed by atoms with Crippen LogP contribution in [0.4, 0.5) is 0 Å². The normalized spacial score (nSPS) is 15.4. The highest BCUT2D eigenvalue weighted by molar-refractivity contribution is 5.81. The maximum atomic E-state index is 10.4. The zero-order valence-electron chi connectivity index (χ0n) is 12.3. The second kappa shape index (κ2) is 4.23. The van der Waals surface area contributed by atoms with E-state index >= 15 is 0 Å². The first kappa shape index (κ1) is 13.0. The van der Waals surface area contributed by atoms with Crippen LogP contribution < -0.4 is 4.74 Å². The van der Waals surface area contributed by atoms with Gasteiger partial charge in [0.2, 0.25) is 0 Å². The van der Waals surface area contributed by atoms with Gasteiger partial charge >= 0.3 is 0 Å². The number of rotatable bonds is 1. The summed E-state index contributed by atoms with van der Waals surface area (Å²) < 4.78 is 6.13. The fraction of sp³-hybridized carbons (Fsp3) is 0.353. The summed E-state index contributed by atoms with van der Waals surface area (Å²) in [4.78, 5) is 4.19. The van der Waals surface area contributed by atoms with Crippen LogP contribution in [0.25, 0.3) is 11.1 Å². The van der Waals surface area contributed by atoms with Crippen LogP contribution in [-0.4, -0.2) is 10.1 Å². The van der Waals surface area contributed by atoms with Crippen molar-refractivity contribution in [1.29, 1.82) is 0 Å². The van der Waals surface area contributed by atoms with Gasteiger partial charge in [0, 0.05) is 23.5 Å². The number of phenolic OH excluding ortho intramolecular Hbond substituents is 1. The Balaban J connectivity index is 2.30. The van der Waals surface area contributed by atoms with Crippen molar-refractivity contribution in [2.75, 3.05) is 0 Å². The molecular formula is C17H19NO2. The van der Waals surface area contributed by atoms with Gasteiger partial charge in [-0.15, -0.1) is 0 Å². The van der Waals surface area contributed by atoms with Gasteiger partial charge in [0.25, 0.3) is 0 Å². The maximum Gasteiger partial charge on any atom is 0.132 e. The van der Waals surface area contributed by atoms with E-state index in [0.717, 1.165) is 28.0 Å². The third-order valence-corrected chi connectivity index (χ3v) is 3.87. The number of hydrogen-bond acceptors (Lipinski definition) is 3. The highest BCUT2D eigenvalue weighted by Crippen LogP contribution is 2.49. The molecule has 104 valence electrons. The summed E-state index contributed by atoms with van der Waals surface area (Å²) >= 11 is 0. The minimum atomic E-state index is -0.423. The molecule has 0 radical (unpaired) electrons. The second-order valence-corrected chi connectivity index (χ2v) is 6.10. The third-order valence-electron chi connectivity index (χ3n) is 3.87. The fourth-order valence-electron chi connectivity index (χ4n) is 2.75. The van der Waals surface area contributed by atoms with E-state index in [2.05, 4.69) is 18.8 Å². The number of hydrogen-bond donors (Lipinski definition) is 1. The molecule has 1 aliphatic rings. The smallest absolute Gasteiger partial charge is 0.132 e. The number of fused-ring (bicyclic) bond motifs is 3. The summed E-state index contributed by atoms with van der Waals surface area (Å²) in [6, 6.07) is 5.80. The molecule has 0 bridgehead atoms. The van der Waals surface area contributed by atoms with Crippen molar-refractivity contribution in [3.05, 3.63) is 41.7 Å². The lowest BCUT2D eigenvalue weighted by Crippen LogP contribution is -2.29. The summed E-state index contributed by atoms with van der Waals surface area (Å²) in [6.07, 6.45) is 3.56. The van der Waals surface area contributed by atoms with Gasteiger partial charge in [-0.1, -0.05) is 13.8 Å². The van der Waals surface area contributed by atoms with Gasteiger partial charge < -0.3 is 9.84 Å². The number of benzene rings is 1. The fourth-order valence-corrected chi connectivity index (χ4v) is 2.75. The van der Waals surface area contributed by atoms with Crippen molar-refractivity contribution >= 4 is 0 Å². The van der Waals surface area contributed by atoms with Gasteiger partial charge in [-0.25, -0.2) is 0 Å².